The molecule has 1 aromatic carbocycles. The summed E-state index contributed by atoms with van der Waals surface area (Å²) in [6.45, 7) is 3.58. The number of carboxylic acids is 1. The minimum atomic E-state index is -1.01. The zero-order chi connectivity index (χ0) is 15.6. The molecule has 0 bridgehead atoms. The van der Waals surface area contributed by atoms with Gasteiger partial charge in [-0.15, -0.1) is 0 Å². The summed E-state index contributed by atoms with van der Waals surface area (Å²) >= 11 is 3.39. The van der Waals surface area contributed by atoms with Crippen LogP contribution < -0.4 is 10.1 Å². The van der Waals surface area contributed by atoms with Gasteiger partial charge in [-0.1, -0.05) is 15.9 Å². The molecule has 0 radical (unpaired) electrons. The van der Waals surface area contributed by atoms with Crippen molar-refractivity contribution in [1.82, 2.24) is 4.98 Å². The number of carboxylic acid groups (broad SMARTS) is 1. The van der Waals surface area contributed by atoms with Gasteiger partial charge in [0.2, 0.25) is 0 Å². The zero-order valence-corrected chi connectivity index (χ0v) is 13.5. The van der Waals surface area contributed by atoms with E-state index in [1.165, 1.54) is 0 Å². The average Bonchev–Trinajstić information content (AvgIpc) is 2.36. The largest absolute Gasteiger partial charge is 0.497 e. The molecule has 0 atom stereocenters. The first kappa shape index (κ1) is 15.3. The molecule has 0 spiro atoms. The number of hydrogen-bond acceptors (Lipinski definition) is 4. The predicted octanol–water partition coefficient (Wildman–Crippen LogP) is 3.91. The highest BCUT2D eigenvalue weighted by Crippen LogP contribution is 2.28. The van der Waals surface area contributed by atoms with Crippen molar-refractivity contribution in [2.75, 3.05) is 12.4 Å². The molecule has 0 saturated carbocycles. The van der Waals surface area contributed by atoms with Gasteiger partial charge in [0.25, 0.3) is 0 Å². The Morgan fingerprint density at radius 1 is 1.29 bits per heavy atom. The molecule has 2 aromatic rings. The molecule has 6 heteroatoms. The Kier molecular flexibility index (Phi) is 4.47. The third kappa shape index (κ3) is 3.52. The number of ether oxygens (including phenoxy) is 1. The van der Waals surface area contributed by atoms with Gasteiger partial charge < -0.3 is 15.2 Å². The monoisotopic (exact) mass is 350 g/mol. The van der Waals surface area contributed by atoms with E-state index in [2.05, 4.69) is 26.2 Å². The van der Waals surface area contributed by atoms with Gasteiger partial charge in [0, 0.05) is 21.9 Å². The molecule has 21 heavy (non-hydrogen) atoms. The van der Waals surface area contributed by atoms with Gasteiger partial charge in [-0.25, -0.2) is 9.78 Å². The molecule has 0 fully saturated rings. The smallest absolute Gasteiger partial charge is 0.339 e. The lowest BCUT2D eigenvalue weighted by molar-refractivity contribution is 0.0697. The van der Waals surface area contributed by atoms with Gasteiger partial charge in [-0.2, -0.15) is 0 Å². The highest BCUT2D eigenvalue weighted by molar-refractivity contribution is 9.10. The Hall–Kier alpha value is -2.08. The van der Waals surface area contributed by atoms with E-state index in [1.54, 1.807) is 26.2 Å². The molecule has 110 valence electrons. The summed E-state index contributed by atoms with van der Waals surface area (Å²) in [6.07, 6.45) is 0. The zero-order valence-electron chi connectivity index (χ0n) is 11.9. The number of rotatable bonds is 4. The number of benzene rings is 1. The fourth-order valence-electron chi connectivity index (χ4n) is 2.09. The Morgan fingerprint density at radius 2 is 2.00 bits per heavy atom. The maximum atomic E-state index is 11.4. The molecule has 0 saturated heterocycles. The lowest BCUT2D eigenvalue weighted by Crippen LogP contribution is -2.08. The topological polar surface area (TPSA) is 71.5 Å². The first-order valence-corrected chi connectivity index (χ1v) is 7.03. The minimum absolute atomic E-state index is 0.166. The third-order valence-corrected chi connectivity index (χ3v) is 3.39. The van der Waals surface area contributed by atoms with Crippen LogP contribution in [0.25, 0.3) is 0 Å². The Bertz CT molecular complexity index is 702. The molecular formula is C15H15BrN2O3. The van der Waals surface area contributed by atoms with Crippen molar-refractivity contribution < 1.29 is 14.6 Å². The van der Waals surface area contributed by atoms with E-state index < -0.39 is 5.97 Å². The molecule has 0 aliphatic heterocycles. The molecule has 0 aliphatic carbocycles. The fourth-order valence-corrected chi connectivity index (χ4v) is 2.56. The van der Waals surface area contributed by atoms with Gasteiger partial charge in [0.05, 0.1) is 7.11 Å². The van der Waals surface area contributed by atoms with E-state index in [0.29, 0.717) is 22.8 Å². The first-order chi connectivity index (χ1) is 9.90. The number of nitrogens with zero attached hydrogens (tertiary/aromatic N) is 1. The molecule has 2 N–H and O–H groups in total. The van der Waals surface area contributed by atoms with Crippen LogP contribution in [0, 0.1) is 13.8 Å². The minimum Gasteiger partial charge on any atom is -0.497 e. The second-order valence-corrected chi connectivity index (χ2v) is 5.53. The van der Waals surface area contributed by atoms with E-state index in [4.69, 9.17) is 4.74 Å². The van der Waals surface area contributed by atoms with Gasteiger partial charge in [-0.05, 0) is 37.6 Å². The average molecular weight is 351 g/mol. The third-order valence-electron chi connectivity index (χ3n) is 2.93. The summed E-state index contributed by atoms with van der Waals surface area (Å²) in [7, 11) is 1.57. The van der Waals surface area contributed by atoms with E-state index in [-0.39, 0.29) is 5.56 Å². The highest BCUT2D eigenvalue weighted by Gasteiger charge is 2.16. The molecule has 0 aliphatic rings. The predicted molar refractivity (Wildman–Crippen MR) is 84.6 cm³/mol. The molecular weight excluding hydrogens is 336 g/mol. The molecule has 5 nitrogen and oxygen atoms in total. The summed E-state index contributed by atoms with van der Waals surface area (Å²) < 4.78 is 6.02. The molecule has 0 amide bonds. The Balaban J connectivity index is 2.48. The van der Waals surface area contributed by atoms with Crippen LogP contribution >= 0.6 is 15.9 Å². The number of hydrogen-bond donors (Lipinski definition) is 2. The van der Waals surface area contributed by atoms with Crippen LogP contribution in [0.4, 0.5) is 11.5 Å². The standard InChI is InChI=1S/C15H15BrN2O3/c1-8-4-9(2)17-14(13(8)15(19)20)18-11-5-10(16)6-12(7-11)21-3/h4-7H,1-3H3,(H,17,18)(H,19,20). The summed E-state index contributed by atoms with van der Waals surface area (Å²) in [5.74, 6) is -0.0299. The van der Waals surface area contributed by atoms with Gasteiger partial charge in [0.1, 0.15) is 17.1 Å². The fraction of sp³-hybridized carbons (Fsp3) is 0.200. The quantitative estimate of drug-likeness (QED) is 0.874. The molecule has 1 heterocycles. The van der Waals surface area contributed by atoms with Crippen LogP contribution in [0.5, 0.6) is 5.75 Å². The van der Waals surface area contributed by atoms with Crippen molar-refractivity contribution >= 4 is 33.4 Å². The number of carbonyl (C=O) groups is 1. The van der Waals surface area contributed by atoms with Gasteiger partial charge in [0.15, 0.2) is 0 Å². The number of aryl methyl sites for hydroxylation is 2. The van der Waals surface area contributed by atoms with Crippen LogP contribution in [-0.2, 0) is 0 Å². The summed E-state index contributed by atoms with van der Waals surface area (Å²) in [6, 6.07) is 7.16. The SMILES string of the molecule is COc1cc(Br)cc(Nc2nc(C)cc(C)c2C(=O)O)c1. The molecule has 2 rings (SSSR count). The van der Waals surface area contributed by atoms with Crippen LogP contribution in [0.3, 0.4) is 0 Å². The first-order valence-electron chi connectivity index (χ1n) is 6.24. The number of pyridine rings is 1. The van der Waals surface area contributed by atoms with E-state index in [0.717, 1.165) is 10.2 Å². The number of halogens is 1. The second kappa shape index (κ2) is 6.13. The van der Waals surface area contributed by atoms with Gasteiger partial charge >= 0.3 is 5.97 Å². The van der Waals surface area contributed by atoms with Gasteiger partial charge in [-0.3, -0.25) is 0 Å². The maximum absolute atomic E-state index is 11.4. The molecule has 1 aromatic heterocycles. The maximum Gasteiger partial charge on any atom is 0.339 e. The number of anilines is 2. The summed E-state index contributed by atoms with van der Waals surface area (Å²) in [5.41, 5.74) is 2.28. The summed E-state index contributed by atoms with van der Waals surface area (Å²) in [5, 5.41) is 12.4. The Labute approximate surface area is 131 Å². The molecule has 0 unspecified atom stereocenters. The van der Waals surface area contributed by atoms with Crippen LogP contribution in [0.2, 0.25) is 0 Å². The Morgan fingerprint density at radius 3 is 2.62 bits per heavy atom. The van der Waals surface area contributed by atoms with E-state index in [9.17, 15) is 9.90 Å². The lowest BCUT2D eigenvalue weighted by atomic mass is 10.1. The van der Waals surface area contributed by atoms with Crippen molar-refractivity contribution in [2.24, 2.45) is 0 Å². The summed E-state index contributed by atoms with van der Waals surface area (Å²) in [4.78, 5) is 15.7. The number of aromatic carboxylic acids is 1. The van der Waals surface area contributed by atoms with E-state index >= 15 is 0 Å². The van der Waals surface area contributed by atoms with Crippen LogP contribution in [0.1, 0.15) is 21.6 Å². The van der Waals surface area contributed by atoms with Crippen molar-refractivity contribution in [3.63, 3.8) is 0 Å². The lowest BCUT2D eigenvalue weighted by Gasteiger charge is -2.13. The number of aromatic nitrogens is 1. The van der Waals surface area contributed by atoms with Crippen molar-refractivity contribution in [1.29, 1.82) is 0 Å². The van der Waals surface area contributed by atoms with Crippen molar-refractivity contribution in [2.45, 2.75) is 13.8 Å². The number of nitrogens with one attached hydrogen (secondary N) is 1. The van der Waals surface area contributed by atoms with E-state index in [1.807, 2.05) is 19.1 Å². The highest BCUT2D eigenvalue weighted by atomic mass is 79.9. The van der Waals surface area contributed by atoms with Crippen LogP contribution in [0.15, 0.2) is 28.7 Å². The normalized spacial score (nSPS) is 10.3. The number of methoxy groups -OCH3 is 1. The van der Waals surface area contributed by atoms with Crippen molar-refractivity contribution in [3.05, 3.63) is 45.6 Å². The second-order valence-electron chi connectivity index (χ2n) is 4.61. The van der Waals surface area contributed by atoms with Crippen LogP contribution in [-0.4, -0.2) is 23.2 Å². The van der Waals surface area contributed by atoms with Crippen molar-refractivity contribution in [3.8, 4) is 5.75 Å².